The molecule has 0 saturated carbocycles. The molecule has 1 aromatic heterocycles. The smallest absolute Gasteiger partial charge is 0.126 e. The number of β-amino-alcohol motifs (C(OH)–C–C–N with tert-alkyl or cyclic N) is 2. The van der Waals surface area contributed by atoms with Gasteiger partial charge in [0, 0.05) is 32.4 Å². The SMILES string of the molecule is CCCNc1cc(CN2CC(O)C(O)C2)ccn1. The van der Waals surface area contributed by atoms with Crippen molar-refractivity contribution in [3.63, 3.8) is 0 Å². The molecule has 2 atom stereocenters. The highest BCUT2D eigenvalue weighted by molar-refractivity contribution is 5.37. The Labute approximate surface area is 107 Å². The molecule has 5 heteroatoms. The fraction of sp³-hybridized carbons (Fsp3) is 0.615. The van der Waals surface area contributed by atoms with Gasteiger partial charge < -0.3 is 15.5 Å². The maximum atomic E-state index is 9.50. The Kier molecular flexibility index (Phi) is 4.52. The van der Waals surface area contributed by atoms with Gasteiger partial charge in [-0.05, 0) is 24.1 Å². The summed E-state index contributed by atoms with van der Waals surface area (Å²) in [4.78, 5) is 6.30. The van der Waals surface area contributed by atoms with Crippen LogP contribution >= 0.6 is 0 Å². The molecular weight excluding hydrogens is 230 g/mol. The average molecular weight is 251 g/mol. The van der Waals surface area contributed by atoms with Gasteiger partial charge in [0.25, 0.3) is 0 Å². The third kappa shape index (κ3) is 3.41. The van der Waals surface area contributed by atoms with E-state index in [1.807, 2.05) is 17.0 Å². The lowest BCUT2D eigenvalue weighted by molar-refractivity contribution is 0.0572. The highest BCUT2D eigenvalue weighted by Crippen LogP contribution is 2.15. The third-order valence-corrected chi connectivity index (χ3v) is 3.12. The van der Waals surface area contributed by atoms with E-state index in [0.29, 0.717) is 13.1 Å². The van der Waals surface area contributed by atoms with Gasteiger partial charge in [-0.25, -0.2) is 4.98 Å². The highest BCUT2D eigenvalue weighted by Gasteiger charge is 2.29. The van der Waals surface area contributed by atoms with E-state index in [0.717, 1.165) is 30.9 Å². The number of likely N-dealkylation sites (tertiary alicyclic amines) is 1. The molecule has 1 saturated heterocycles. The number of aliphatic hydroxyl groups excluding tert-OH is 2. The van der Waals surface area contributed by atoms with Crippen LogP contribution in [0.5, 0.6) is 0 Å². The van der Waals surface area contributed by atoms with Crippen LogP contribution in [-0.2, 0) is 6.54 Å². The van der Waals surface area contributed by atoms with E-state index in [1.54, 1.807) is 6.20 Å². The van der Waals surface area contributed by atoms with Gasteiger partial charge in [0.1, 0.15) is 5.82 Å². The van der Waals surface area contributed by atoms with Gasteiger partial charge in [-0.1, -0.05) is 6.92 Å². The summed E-state index contributed by atoms with van der Waals surface area (Å²) in [6.07, 6.45) is 1.61. The van der Waals surface area contributed by atoms with Crippen molar-refractivity contribution in [1.29, 1.82) is 0 Å². The van der Waals surface area contributed by atoms with Gasteiger partial charge in [-0.3, -0.25) is 4.90 Å². The van der Waals surface area contributed by atoms with Crippen molar-refractivity contribution < 1.29 is 10.2 Å². The first-order valence-electron chi connectivity index (χ1n) is 6.46. The van der Waals surface area contributed by atoms with E-state index in [9.17, 15) is 10.2 Å². The van der Waals surface area contributed by atoms with Crippen LogP contribution in [-0.4, -0.2) is 51.9 Å². The fourth-order valence-electron chi connectivity index (χ4n) is 2.16. The van der Waals surface area contributed by atoms with Crippen LogP contribution in [0.1, 0.15) is 18.9 Å². The second kappa shape index (κ2) is 6.13. The summed E-state index contributed by atoms with van der Waals surface area (Å²) in [6, 6.07) is 3.99. The normalized spacial score (nSPS) is 24.4. The zero-order valence-corrected chi connectivity index (χ0v) is 10.7. The number of hydrogen-bond acceptors (Lipinski definition) is 5. The summed E-state index contributed by atoms with van der Waals surface area (Å²) >= 11 is 0. The molecule has 2 heterocycles. The fourth-order valence-corrected chi connectivity index (χ4v) is 2.16. The molecule has 1 fully saturated rings. The Morgan fingerprint density at radius 1 is 1.39 bits per heavy atom. The van der Waals surface area contributed by atoms with Crippen LogP contribution in [0.15, 0.2) is 18.3 Å². The molecule has 18 heavy (non-hydrogen) atoms. The summed E-state index contributed by atoms with van der Waals surface area (Å²) < 4.78 is 0. The third-order valence-electron chi connectivity index (χ3n) is 3.12. The first kappa shape index (κ1) is 13.3. The Balaban J connectivity index is 1.93. The largest absolute Gasteiger partial charge is 0.389 e. The molecule has 0 aliphatic carbocycles. The lowest BCUT2D eigenvalue weighted by Crippen LogP contribution is -2.22. The quantitative estimate of drug-likeness (QED) is 0.708. The maximum Gasteiger partial charge on any atom is 0.126 e. The van der Waals surface area contributed by atoms with Crippen LogP contribution in [0.25, 0.3) is 0 Å². The number of nitrogens with zero attached hydrogens (tertiary/aromatic N) is 2. The molecule has 2 unspecified atom stereocenters. The van der Waals surface area contributed by atoms with E-state index in [1.165, 1.54) is 0 Å². The molecule has 1 aliphatic rings. The van der Waals surface area contributed by atoms with Crippen LogP contribution in [0.2, 0.25) is 0 Å². The molecule has 3 N–H and O–H groups in total. The number of hydrogen-bond donors (Lipinski definition) is 3. The van der Waals surface area contributed by atoms with E-state index in [-0.39, 0.29) is 0 Å². The maximum absolute atomic E-state index is 9.50. The topological polar surface area (TPSA) is 68.6 Å². The predicted molar refractivity (Wildman–Crippen MR) is 70.3 cm³/mol. The van der Waals surface area contributed by atoms with Crippen molar-refractivity contribution in [2.45, 2.75) is 32.1 Å². The minimum Gasteiger partial charge on any atom is -0.389 e. The van der Waals surface area contributed by atoms with Gasteiger partial charge in [-0.15, -0.1) is 0 Å². The number of rotatable bonds is 5. The zero-order chi connectivity index (χ0) is 13.0. The second-order valence-electron chi connectivity index (χ2n) is 4.80. The predicted octanol–water partition coefficient (Wildman–Crippen LogP) is 0.441. The molecule has 2 rings (SSSR count). The number of aliphatic hydroxyl groups is 2. The minimum absolute atomic E-state index is 0.529. The number of pyridine rings is 1. The van der Waals surface area contributed by atoms with E-state index >= 15 is 0 Å². The Morgan fingerprint density at radius 3 is 2.78 bits per heavy atom. The Morgan fingerprint density at radius 2 is 2.11 bits per heavy atom. The van der Waals surface area contributed by atoms with E-state index < -0.39 is 12.2 Å². The molecule has 0 aromatic carbocycles. The molecule has 0 radical (unpaired) electrons. The molecule has 1 aliphatic heterocycles. The van der Waals surface area contributed by atoms with Crippen molar-refractivity contribution in [3.8, 4) is 0 Å². The second-order valence-corrected chi connectivity index (χ2v) is 4.80. The van der Waals surface area contributed by atoms with Gasteiger partial charge in [0.05, 0.1) is 12.2 Å². The van der Waals surface area contributed by atoms with Crippen molar-refractivity contribution in [2.75, 3.05) is 25.0 Å². The Bertz CT molecular complexity index is 376. The van der Waals surface area contributed by atoms with E-state index in [2.05, 4.69) is 17.2 Å². The molecule has 0 bridgehead atoms. The van der Waals surface area contributed by atoms with Crippen LogP contribution in [0, 0.1) is 0 Å². The van der Waals surface area contributed by atoms with Gasteiger partial charge in [-0.2, -0.15) is 0 Å². The molecule has 1 aromatic rings. The summed E-state index contributed by atoms with van der Waals surface area (Å²) in [5.41, 5.74) is 1.14. The summed E-state index contributed by atoms with van der Waals surface area (Å²) in [5, 5.41) is 22.2. The number of aromatic nitrogens is 1. The first-order chi connectivity index (χ1) is 8.69. The monoisotopic (exact) mass is 251 g/mol. The number of anilines is 1. The van der Waals surface area contributed by atoms with Crippen molar-refractivity contribution in [1.82, 2.24) is 9.88 Å². The van der Waals surface area contributed by atoms with Crippen molar-refractivity contribution >= 4 is 5.82 Å². The number of nitrogens with one attached hydrogen (secondary N) is 1. The standard InChI is InChI=1S/C13H21N3O2/c1-2-4-14-13-6-10(3-5-15-13)7-16-8-11(17)12(18)9-16/h3,5-6,11-12,17-18H,2,4,7-9H2,1H3,(H,14,15). The van der Waals surface area contributed by atoms with Crippen LogP contribution < -0.4 is 5.32 Å². The van der Waals surface area contributed by atoms with Crippen molar-refractivity contribution in [3.05, 3.63) is 23.9 Å². The summed E-state index contributed by atoms with van der Waals surface area (Å²) in [6.45, 7) is 4.82. The van der Waals surface area contributed by atoms with Gasteiger partial charge >= 0.3 is 0 Å². The first-order valence-corrected chi connectivity index (χ1v) is 6.46. The van der Waals surface area contributed by atoms with Crippen molar-refractivity contribution in [2.24, 2.45) is 0 Å². The Hall–Kier alpha value is -1.17. The molecule has 0 spiro atoms. The summed E-state index contributed by atoms with van der Waals surface area (Å²) in [7, 11) is 0. The lowest BCUT2D eigenvalue weighted by Gasteiger charge is -2.15. The lowest BCUT2D eigenvalue weighted by atomic mass is 10.2. The van der Waals surface area contributed by atoms with Crippen LogP contribution in [0.4, 0.5) is 5.82 Å². The zero-order valence-electron chi connectivity index (χ0n) is 10.7. The van der Waals surface area contributed by atoms with Gasteiger partial charge in [0.2, 0.25) is 0 Å². The summed E-state index contributed by atoms with van der Waals surface area (Å²) in [5.74, 6) is 0.884. The average Bonchev–Trinajstić information content (AvgIpc) is 2.66. The molecular formula is C13H21N3O2. The van der Waals surface area contributed by atoms with E-state index in [4.69, 9.17) is 0 Å². The molecule has 0 amide bonds. The minimum atomic E-state index is -0.621. The van der Waals surface area contributed by atoms with Gasteiger partial charge in [0.15, 0.2) is 0 Å². The highest BCUT2D eigenvalue weighted by atomic mass is 16.3. The molecule has 100 valence electrons. The van der Waals surface area contributed by atoms with Crippen LogP contribution in [0.3, 0.4) is 0 Å². The molecule has 5 nitrogen and oxygen atoms in total.